The summed E-state index contributed by atoms with van der Waals surface area (Å²) in [5.41, 5.74) is 0.343. The number of hydrogen-bond acceptors (Lipinski definition) is 2. The van der Waals surface area contributed by atoms with E-state index in [-0.39, 0.29) is 12.7 Å². The predicted molar refractivity (Wildman–Crippen MR) is 92.2 cm³/mol. The summed E-state index contributed by atoms with van der Waals surface area (Å²) in [6, 6.07) is 1.20. The largest absolute Gasteiger partial charge is 0.464 e. The molecule has 5 atom stereocenters. The molecule has 4 fully saturated rings. The summed E-state index contributed by atoms with van der Waals surface area (Å²) >= 11 is 0. The third kappa shape index (κ3) is 2.38. The molecule has 0 unspecified atom stereocenters. The van der Waals surface area contributed by atoms with Crippen molar-refractivity contribution in [2.24, 2.45) is 17.3 Å². The zero-order chi connectivity index (χ0) is 15.6. The van der Waals surface area contributed by atoms with Crippen LogP contribution in [0.3, 0.4) is 0 Å². The van der Waals surface area contributed by atoms with Crippen molar-refractivity contribution >= 4 is 15.2 Å². The Morgan fingerprint density at radius 3 is 2.48 bits per heavy atom. The van der Waals surface area contributed by atoms with E-state index >= 15 is 0 Å². The zero-order valence-corrected chi connectivity index (χ0v) is 15.6. The second-order valence-corrected chi connectivity index (χ2v) is 15.0. The highest BCUT2D eigenvalue weighted by Crippen LogP contribution is 2.66. The van der Waals surface area contributed by atoms with E-state index in [0.717, 1.165) is 5.92 Å². The van der Waals surface area contributed by atoms with E-state index in [4.69, 9.17) is 9.31 Å². The van der Waals surface area contributed by atoms with Gasteiger partial charge in [0.05, 0.1) is 11.7 Å². The fourth-order valence-corrected chi connectivity index (χ4v) is 6.85. The molecule has 2 nitrogen and oxygen atoms in total. The topological polar surface area (TPSA) is 18.5 Å². The van der Waals surface area contributed by atoms with Gasteiger partial charge in [-0.15, -0.1) is 6.58 Å². The number of hydrogen-bond donors (Lipinski definition) is 0. The van der Waals surface area contributed by atoms with Crippen LogP contribution in [0.15, 0.2) is 12.7 Å². The highest BCUT2D eigenvalue weighted by molar-refractivity contribution is 6.77. The summed E-state index contributed by atoms with van der Waals surface area (Å²) < 4.78 is 13.0. The molecule has 0 spiro atoms. The minimum absolute atomic E-state index is 0.0700. The molecule has 1 aliphatic heterocycles. The SMILES string of the molecule is C=C[C@@H](C[Si](C)(C)C)B1O[C@H]2C[C@H]3C[C@H](C3(C)C)[C@@]2(C)O1. The van der Waals surface area contributed by atoms with Gasteiger partial charge in [-0.1, -0.05) is 45.6 Å². The summed E-state index contributed by atoms with van der Waals surface area (Å²) in [7, 11) is -1.22. The summed E-state index contributed by atoms with van der Waals surface area (Å²) in [5.74, 6) is 1.82. The molecule has 3 saturated carbocycles. The Hall–Kier alpha value is -0.0582. The molecule has 4 rings (SSSR count). The highest BCUT2D eigenvalue weighted by atomic mass is 28.3. The van der Waals surface area contributed by atoms with E-state index in [1.54, 1.807) is 0 Å². The number of allylic oxidation sites excluding steroid dienone is 1. The molecule has 1 saturated heterocycles. The van der Waals surface area contributed by atoms with Crippen LogP contribution in [0.5, 0.6) is 0 Å². The van der Waals surface area contributed by atoms with Crippen molar-refractivity contribution in [2.75, 3.05) is 0 Å². The smallest absolute Gasteiger partial charge is 0.405 e. The van der Waals surface area contributed by atoms with Crippen molar-refractivity contribution in [1.82, 2.24) is 0 Å². The molecule has 118 valence electrons. The van der Waals surface area contributed by atoms with Crippen LogP contribution >= 0.6 is 0 Å². The molecular weight excluding hydrogens is 275 g/mol. The molecular formula is C17H31BO2Si. The monoisotopic (exact) mass is 306 g/mol. The van der Waals surface area contributed by atoms with Gasteiger partial charge in [-0.3, -0.25) is 0 Å². The van der Waals surface area contributed by atoms with Gasteiger partial charge in [0.2, 0.25) is 0 Å². The first-order chi connectivity index (χ1) is 9.58. The Labute approximate surface area is 131 Å². The third-order valence-electron chi connectivity index (χ3n) is 6.47. The van der Waals surface area contributed by atoms with Gasteiger partial charge < -0.3 is 9.31 Å². The maximum absolute atomic E-state index is 6.57. The second kappa shape index (κ2) is 4.72. The van der Waals surface area contributed by atoms with Gasteiger partial charge in [-0.25, -0.2) is 0 Å². The average molecular weight is 306 g/mol. The molecule has 1 heterocycles. The molecule has 0 radical (unpaired) electrons. The van der Waals surface area contributed by atoms with E-state index in [1.165, 1.54) is 18.9 Å². The molecule has 3 aliphatic carbocycles. The Morgan fingerprint density at radius 1 is 1.29 bits per heavy atom. The predicted octanol–water partition coefficient (Wildman–Crippen LogP) is 4.61. The Balaban J connectivity index is 1.77. The Bertz CT molecular complexity index is 445. The zero-order valence-electron chi connectivity index (χ0n) is 14.6. The van der Waals surface area contributed by atoms with Crippen molar-refractivity contribution in [3.63, 3.8) is 0 Å². The van der Waals surface area contributed by atoms with Gasteiger partial charge in [0.1, 0.15) is 0 Å². The fraction of sp³-hybridized carbons (Fsp3) is 0.882. The van der Waals surface area contributed by atoms with Crippen LogP contribution in [0, 0.1) is 17.3 Å². The molecule has 0 aromatic heterocycles. The van der Waals surface area contributed by atoms with E-state index < -0.39 is 8.07 Å². The van der Waals surface area contributed by atoms with Crippen LogP contribution in [-0.2, 0) is 9.31 Å². The van der Waals surface area contributed by atoms with Crippen LogP contribution in [0.2, 0.25) is 31.5 Å². The number of rotatable bonds is 4. The van der Waals surface area contributed by atoms with Crippen molar-refractivity contribution in [2.45, 2.75) is 76.8 Å². The van der Waals surface area contributed by atoms with E-state index in [0.29, 0.717) is 23.3 Å². The Kier molecular flexibility index (Phi) is 3.56. The first-order valence-corrected chi connectivity index (χ1v) is 12.2. The molecule has 0 aromatic carbocycles. The van der Waals surface area contributed by atoms with Crippen LogP contribution < -0.4 is 0 Å². The fourth-order valence-electron chi connectivity index (χ4n) is 5.08. The van der Waals surface area contributed by atoms with Gasteiger partial charge in [0.15, 0.2) is 0 Å². The second-order valence-electron chi connectivity index (χ2n) is 9.50. The van der Waals surface area contributed by atoms with E-state index in [2.05, 4.69) is 53.1 Å². The summed E-state index contributed by atoms with van der Waals surface area (Å²) in [6.45, 7) is 18.4. The minimum Gasteiger partial charge on any atom is -0.405 e. The van der Waals surface area contributed by atoms with Crippen molar-refractivity contribution in [1.29, 1.82) is 0 Å². The first kappa shape index (κ1) is 15.8. The van der Waals surface area contributed by atoms with E-state index in [1.807, 2.05) is 0 Å². The van der Waals surface area contributed by atoms with Gasteiger partial charge in [-0.05, 0) is 37.0 Å². The standard InChI is InChI=1S/C17H31BO2Si/c1-8-13(11-21(5,6)7)18-19-15-10-12-9-14(16(12,2)3)17(15,4)20-18/h8,12-15H,1,9-11H2,2-7H3/t12-,13+,14-,15+,17-/m1/s1. The van der Waals surface area contributed by atoms with Gasteiger partial charge >= 0.3 is 7.12 Å². The lowest BCUT2D eigenvalue weighted by molar-refractivity contribution is -0.199. The lowest BCUT2D eigenvalue weighted by atomic mass is 9.43. The molecule has 0 N–H and O–H groups in total. The van der Waals surface area contributed by atoms with Crippen molar-refractivity contribution < 1.29 is 9.31 Å². The molecule has 21 heavy (non-hydrogen) atoms. The Morgan fingerprint density at radius 2 is 1.95 bits per heavy atom. The highest BCUT2D eigenvalue weighted by Gasteiger charge is 2.68. The maximum Gasteiger partial charge on any atom is 0.464 e. The van der Waals surface area contributed by atoms with Gasteiger partial charge in [0, 0.05) is 13.9 Å². The molecule has 4 aliphatic rings. The minimum atomic E-state index is -1.15. The summed E-state index contributed by atoms with van der Waals surface area (Å²) in [6.07, 6.45) is 4.86. The van der Waals surface area contributed by atoms with Crippen molar-refractivity contribution in [3.8, 4) is 0 Å². The normalized spacial score (nSPS) is 42.2. The first-order valence-electron chi connectivity index (χ1n) is 8.54. The van der Waals surface area contributed by atoms with Crippen LogP contribution in [0.4, 0.5) is 0 Å². The van der Waals surface area contributed by atoms with E-state index in [9.17, 15) is 0 Å². The quantitative estimate of drug-likeness (QED) is 0.558. The lowest BCUT2D eigenvalue weighted by Crippen LogP contribution is -2.65. The molecule has 0 aromatic rings. The van der Waals surface area contributed by atoms with Crippen LogP contribution in [0.25, 0.3) is 0 Å². The summed E-state index contributed by atoms with van der Waals surface area (Å²) in [5, 5.41) is 0. The van der Waals surface area contributed by atoms with Crippen molar-refractivity contribution in [3.05, 3.63) is 12.7 Å². The van der Waals surface area contributed by atoms with Crippen LogP contribution in [-0.4, -0.2) is 26.9 Å². The third-order valence-corrected chi connectivity index (χ3v) is 8.17. The lowest BCUT2D eigenvalue weighted by Gasteiger charge is -2.64. The average Bonchev–Trinajstić information content (AvgIpc) is 2.71. The molecule has 4 heteroatoms. The van der Waals surface area contributed by atoms with Gasteiger partial charge in [0.25, 0.3) is 0 Å². The van der Waals surface area contributed by atoms with Gasteiger partial charge in [-0.2, -0.15) is 0 Å². The maximum atomic E-state index is 6.57. The summed E-state index contributed by atoms with van der Waals surface area (Å²) in [4.78, 5) is 0. The molecule has 2 bridgehead atoms. The van der Waals surface area contributed by atoms with Crippen LogP contribution in [0.1, 0.15) is 33.6 Å². The molecule has 0 amide bonds.